The van der Waals surface area contributed by atoms with Crippen LogP contribution in [0.5, 0.6) is 0 Å². The van der Waals surface area contributed by atoms with Crippen molar-refractivity contribution in [2.75, 3.05) is 48.8 Å². The van der Waals surface area contributed by atoms with Gasteiger partial charge < -0.3 is 20.7 Å². The van der Waals surface area contributed by atoms with Gasteiger partial charge >= 0.3 is 0 Å². The fourth-order valence-corrected chi connectivity index (χ4v) is 3.63. The van der Waals surface area contributed by atoms with Crippen molar-refractivity contribution in [3.63, 3.8) is 0 Å². The minimum Gasteiger partial charge on any atom is -0.379 e. The van der Waals surface area contributed by atoms with Gasteiger partial charge in [-0.2, -0.15) is 0 Å². The normalized spacial score (nSPS) is 16.1. The number of hydrogen-bond donors (Lipinski definition) is 3. The van der Waals surface area contributed by atoms with Crippen LogP contribution in [0.3, 0.4) is 0 Å². The Hall–Kier alpha value is -2.90. The first-order valence-corrected chi connectivity index (χ1v) is 11.3. The number of amides is 2. The van der Waals surface area contributed by atoms with Crippen LogP contribution in [0.25, 0.3) is 0 Å². The molecule has 172 valence electrons. The predicted octanol–water partition coefficient (Wildman–Crippen LogP) is 3.91. The number of ether oxygens (including phenoxy) is 1. The summed E-state index contributed by atoms with van der Waals surface area (Å²) in [5.41, 5.74) is 3.55. The van der Waals surface area contributed by atoms with Crippen molar-refractivity contribution in [1.82, 2.24) is 4.90 Å². The third-order valence-electron chi connectivity index (χ3n) is 5.78. The summed E-state index contributed by atoms with van der Waals surface area (Å²) in [6.45, 7) is 9.38. The summed E-state index contributed by atoms with van der Waals surface area (Å²) in [5.74, 6) is 0.240. The van der Waals surface area contributed by atoms with Gasteiger partial charge in [0.15, 0.2) is 0 Å². The zero-order valence-electron chi connectivity index (χ0n) is 19.2. The summed E-state index contributed by atoms with van der Waals surface area (Å²) >= 11 is 0. The second-order valence-corrected chi connectivity index (χ2v) is 8.27. The summed E-state index contributed by atoms with van der Waals surface area (Å²) in [7, 11) is 0. The zero-order chi connectivity index (χ0) is 22.9. The molecule has 0 aliphatic carbocycles. The Balaban J connectivity index is 1.51. The average molecular weight is 439 g/mol. The molecule has 1 saturated heterocycles. The molecule has 0 saturated carbocycles. The lowest BCUT2D eigenvalue weighted by Crippen LogP contribution is -2.41. The molecule has 1 heterocycles. The van der Waals surface area contributed by atoms with E-state index in [4.69, 9.17) is 4.74 Å². The van der Waals surface area contributed by atoms with Gasteiger partial charge in [-0.15, -0.1) is 0 Å². The van der Waals surface area contributed by atoms with E-state index in [2.05, 4.69) is 40.8 Å². The molecular formula is C25H34N4O3. The van der Waals surface area contributed by atoms with Crippen LogP contribution in [0.1, 0.15) is 38.7 Å². The van der Waals surface area contributed by atoms with E-state index < -0.39 is 6.04 Å². The molecule has 7 nitrogen and oxygen atoms in total. The Morgan fingerprint density at radius 2 is 1.62 bits per heavy atom. The first kappa shape index (κ1) is 23.8. The van der Waals surface area contributed by atoms with Crippen molar-refractivity contribution >= 4 is 28.9 Å². The molecule has 2 aromatic carbocycles. The molecule has 0 spiro atoms. The van der Waals surface area contributed by atoms with Gasteiger partial charge in [0.25, 0.3) is 0 Å². The lowest BCUT2D eigenvalue weighted by molar-refractivity contribution is -0.118. The molecule has 2 aromatic rings. The van der Waals surface area contributed by atoms with E-state index in [1.54, 1.807) is 0 Å². The van der Waals surface area contributed by atoms with Gasteiger partial charge in [-0.25, -0.2) is 0 Å². The quantitative estimate of drug-likeness (QED) is 0.553. The topological polar surface area (TPSA) is 82.7 Å². The molecule has 7 heteroatoms. The summed E-state index contributed by atoms with van der Waals surface area (Å²) < 4.78 is 5.31. The molecule has 0 aromatic heterocycles. The molecule has 2 atom stereocenters. The highest BCUT2D eigenvalue weighted by molar-refractivity contribution is 5.97. The van der Waals surface area contributed by atoms with Crippen LogP contribution in [0, 0.1) is 0 Å². The van der Waals surface area contributed by atoms with E-state index >= 15 is 0 Å². The van der Waals surface area contributed by atoms with E-state index in [0.717, 1.165) is 42.1 Å². The Morgan fingerprint density at radius 1 is 0.969 bits per heavy atom. The molecule has 1 fully saturated rings. The zero-order valence-corrected chi connectivity index (χ0v) is 19.2. The van der Waals surface area contributed by atoms with Crippen molar-refractivity contribution in [3.05, 3.63) is 54.1 Å². The second-order valence-electron chi connectivity index (χ2n) is 8.27. The van der Waals surface area contributed by atoms with E-state index in [-0.39, 0.29) is 11.8 Å². The van der Waals surface area contributed by atoms with Crippen molar-refractivity contribution in [3.8, 4) is 0 Å². The van der Waals surface area contributed by atoms with E-state index in [9.17, 15) is 9.59 Å². The van der Waals surface area contributed by atoms with Crippen LogP contribution in [-0.2, 0) is 14.3 Å². The second kappa shape index (κ2) is 11.6. The monoisotopic (exact) mass is 438 g/mol. The van der Waals surface area contributed by atoms with Crippen LogP contribution in [-0.4, -0.2) is 55.6 Å². The molecule has 0 radical (unpaired) electrons. The Kier molecular flexibility index (Phi) is 8.64. The first-order chi connectivity index (χ1) is 15.5. The van der Waals surface area contributed by atoms with Crippen LogP contribution in [0.4, 0.5) is 17.1 Å². The number of nitrogens with zero attached hydrogens (tertiary/aromatic N) is 1. The van der Waals surface area contributed by atoms with Gasteiger partial charge in [-0.1, -0.05) is 32.0 Å². The molecule has 1 aliphatic heterocycles. The maximum atomic E-state index is 12.7. The number of morpholine rings is 1. The fraction of sp³-hybridized carbons (Fsp3) is 0.440. The SMILES string of the molecule is CC[C@@H](C)c1ccccc1NC(=O)[C@@H](C)Nc1ccc(NC(=O)CN2CCOCC2)cc1. The maximum absolute atomic E-state index is 12.7. The summed E-state index contributed by atoms with van der Waals surface area (Å²) in [6.07, 6.45) is 1.01. The third kappa shape index (κ3) is 6.80. The largest absolute Gasteiger partial charge is 0.379 e. The Morgan fingerprint density at radius 3 is 2.31 bits per heavy atom. The predicted molar refractivity (Wildman–Crippen MR) is 129 cm³/mol. The van der Waals surface area contributed by atoms with Crippen LogP contribution in [0.15, 0.2) is 48.5 Å². The molecule has 3 rings (SSSR count). The van der Waals surface area contributed by atoms with Gasteiger partial charge in [-0.3, -0.25) is 14.5 Å². The third-order valence-corrected chi connectivity index (χ3v) is 5.78. The number of carbonyl (C=O) groups is 2. The molecule has 32 heavy (non-hydrogen) atoms. The minimum absolute atomic E-state index is 0.0414. The molecule has 2 amide bonds. The van der Waals surface area contributed by atoms with Gasteiger partial charge in [0.2, 0.25) is 11.8 Å². The number of hydrogen-bond acceptors (Lipinski definition) is 5. The molecule has 0 bridgehead atoms. The van der Waals surface area contributed by atoms with Crippen LogP contribution in [0.2, 0.25) is 0 Å². The van der Waals surface area contributed by atoms with Crippen molar-refractivity contribution in [2.24, 2.45) is 0 Å². The number of nitrogens with one attached hydrogen (secondary N) is 3. The lowest BCUT2D eigenvalue weighted by Gasteiger charge is -2.25. The average Bonchev–Trinajstić information content (AvgIpc) is 2.80. The molecule has 3 N–H and O–H groups in total. The molecule has 0 unspecified atom stereocenters. The minimum atomic E-state index is -0.415. The number of rotatable bonds is 9. The van der Waals surface area contributed by atoms with Gasteiger partial charge in [-0.05, 0) is 55.2 Å². The highest BCUT2D eigenvalue weighted by Crippen LogP contribution is 2.26. The van der Waals surface area contributed by atoms with E-state index in [1.165, 1.54) is 0 Å². The number of benzene rings is 2. The van der Waals surface area contributed by atoms with Gasteiger partial charge in [0.1, 0.15) is 6.04 Å². The summed E-state index contributed by atoms with van der Waals surface area (Å²) in [4.78, 5) is 27.1. The Labute approximate surface area is 190 Å². The van der Waals surface area contributed by atoms with Crippen LogP contribution >= 0.6 is 0 Å². The fourth-order valence-electron chi connectivity index (χ4n) is 3.63. The van der Waals surface area contributed by atoms with Gasteiger partial charge in [0, 0.05) is 30.2 Å². The van der Waals surface area contributed by atoms with Crippen molar-refractivity contribution in [2.45, 2.75) is 39.2 Å². The van der Waals surface area contributed by atoms with E-state index in [1.807, 2.05) is 49.4 Å². The lowest BCUT2D eigenvalue weighted by atomic mass is 9.97. The first-order valence-electron chi connectivity index (χ1n) is 11.3. The molecular weight excluding hydrogens is 404 g/mol. The van der Waals surface area contributed by atoms with E-state index in [0.29, 0.717) is 25.7 Å². The smallest absolute Gasteiger partial charge is 0.246 e. The highest BCUT2D eigenvalue weighted by Gasteiger charge is 2.17. The number of anilines is 3. The summed E-state index contributed by atoms with van der Waals surface area (Å²) in [6, 6.07) is 14.9. The maximum Gasteiger partial charge on any atom is 0.246 e. The van der Waals surface area contributed by atoms with Crippen LogP contribution < -0.4 is 16.0 Å². The van der Waals surface area contributed by atoms with Crippen molar-refractivity contribution < 1.29 is 14.3 Å². The number of carbonyl (C=O) groups excluding carboxylic acids is 2. The molecule has 1 aliphatic rings. The Bertz CT molecular complexity index is 894. The standard InChI is InChI=1S/C25H34N4O3/c1-4-18(2)22-7-5-6-8-23(22)28-25(31)19(3)26-20-9-11-21(12-10-20)27-24(30)17-29-13-15-32-16-14-29/h5-12,18-19,26H,4,13-17H2,1-3H3,(H,27,30)(H,28,31)/t18-,19-/m1/s1. The van der Waals surface area contributed by atoms with Crippen molar-refractivity contribution in [1.29, 1.82) is 0 Å². The van der Waals surface area contributed by atoms with Gasteiger partial charge in [0.05, 0.1) is 19.8 Å². The summed E-state index contributed by atoms with van der Waals surface area (Å²) in [5, 5.41) is 9.19. The number of para-hydroxylation sites is 1. The highest BCUT2D eigenvalue weighted by atomic mass is 16.5.